The van der Waals surface area contributed by atoms with E-state index in [0.29, 0.717) is 6.04 Å². The minimum atomic E-state index is -0.138. The second-order valence-corrected chi connectivity index (χ2v) is 5.76. The molecule has 0 heterocycles. The van der Waals surface area contributed by atoms with Gasteiger partial charge in [0.15, 0.2) is 0 Å². The van der Waals surface area contributed by atoms with Crippen molar-refractivity contribution in [1.82, 2.24) is 10.2 Å². The van der Waals surface area contributed by atoms with E-state index in [1.165, 1.54) is 25.3 Å². The van der Waals surface area contributed by atoms with Crippen LogP contribution in [0.4, 0.5) is 4.39 Å². The zero-order valence-corrected chi connectivity index (χ0v) is 12.9. The molecule has 2 N–H and O–H groups in total. The molecule has 0 bridgehead atoms. The zero-order valence-electron chi connectivity index (χ0n) is 12.9. The number of aliphatic hydroxyl groups is 1. The van der Waals surface area contributed by atoms with Gasteiger partial charge in [0.2, 0.25) is 0 Å². The number of hydrogen-bond acceptors (Lipinski definition) is 3. The summed E-state index contributed by atoms with van der Waals surface area (Å²) in [4.78, 5) is 2.36. The van der Waals surface area contributed by atoms with Crippen LogP contribution in [0, 0.1) is 5.82 Å². The van der Waals surface area contributed by atoms with Crippen LogP contribution in [0.25, 0.3) is 0 Å². The van der Waals surface area contributed by atoms with Crippen molar-refractivity contribution in [3.05, 3.63) is 35.6 Å². The quantitative estimate of drug-likeness (QED) is 0.735. The van der Waals surface area contributed by atoms with Crippen molar-refractivity contribution >= 4 is 0 Å². The lowest BCUT2D eigenvalue weighted by Crippen LogP contribution is -2.43. The van der Waals surface area contributed by atoms with Gasteiger partial charge in [-0.1, -0.05) is 31.5 Å². The maximum absolute atomic E-state index is 14.0. The maximum atomic E-state index is 14.0. The first kappa shape index (κ1) is 16.4. The highest BCUT2D eigenvalue weighted by atomic mass is 19.1. The summed E-state index contributed by atoms with van der Waals surface area (Å²) >= 11 is 0. The minimum Gasteiger partial charge on any atom is -0.395 e. The van der Waals surface area contributed by atoms with Gasteiger partial charge in [-0.25, -0.2) is 4.39 Å². The number of halogens is 1. The molecule has 1 aliphatic rings. The Hall–Kier alpha value is -0.970. The zero-order chi connectivity index (χ0) is 15.1. The average Bonchev–Trinajstić information content (AvgIpc) is 2.42. The molecule has 0 aliphatic heterocycles. The Kier molecular flexibility index (Phi) is 6.61. The molecule has 0 saturated heterocycles. The molecule has 3 nitrogen and oxygen atoms in total. The van der Waals surface area contributed by atoms with E-state index in [9.17, 15) is 9.50 Å². The lowest BCUT2D eigenvalue weighted by molar-refractivity contribution is 0.0968. The van der Waals surface area contributed by atoms with Crippen LogP contribution in [0.15, 0.2) is 24.3 Å². The smallest absolute Gasteiger partial charge is 0.127 e. The average molecular weight is 294 g/mol. The predicted octanol–water partition coefficient (Wildman–Crippen LogP) is 2.71. The first-order chi connectivity index (χ1) is 10.3. The van der Waals surface area contributed by atoms with Gasteiger partial charge in [-0.2, -0.15) is 0 Å². The van der Waals surface area contributed by atoms with Crippen LogP contribution < -0.4 is 5.32 Å². The van der Waals surface area contributed by atoms with Crippen molar-refractivity contribution in [3.8, 4) is 0 Å². The van der Waals surface area contributed by atoms with Gasteiger partial charge in [0.1, 0.15) is 5.82 Å². The van der Waals surface area contributed by atoms with E-state index in [1.54, 1.807) is 6.07 Å². The molecule has 0 amide bonds. The van der Waals surface area contributed by atoms with E-state index in [-0.39, 0.29) is 18.5 Å². The van der Waals surface area contributed by atoms with Gasteiger partial charge in [-0.3, -0.25) is 4.90 Å². The Morgan fingerprint density at radius 1 is 1.33 bits per heavy atom. The third-order valence-corrected chi connectivity index (χ3v) is 4.41. The summed E-state index contributed by atoms with van der Waals surface area (Å²) in [6.45, 7) is 4.69. The Bertz CT molecular complexity index is 423. The van der Waals surface area contributed by atoms with Crippen molar-refractivity contribution in [2.45, 2.75) is 44.7 Å². The van der Waals surface area contributed by atoms with Gasteiger partial charge in [0, 0.05) is 30.7 Å². The van der Waals surface area contributed by atoms with E-state index in [1.807, 2.05) is 19.1 Å². The summed E-state index contributed by atoms with van der Waals surface area (Å²) in [6.07, 6.45) is 4.61. The fourth-order valence-electron chi connectivity index (χ4n) is 3.02. The molecular formula is C17H27FN2O. The van der Waals surface area contributed by atoms with Gasteiger partial charge in [0.05, 0.1) is 6.61 Å². The number of aliphatic hydroxyl groups excluding tert-OH is 1. The molecule has 1 atom stereocenters. The fourth-order valence-corrected chi connectivity index (χ4v) is 3.02. The SMILES string of the molecule is CCNC(CCN(CCO)C1CCC1)c1ccccc1F. The molecule has 0 radical (unpaired) electrons. The number of nitrogens with one attached hydrogen (secondary N) is 1. The van der Waals surface area contributed by atoms with E-state index in [0.717, 1.165) is 31.6 Å². The van der Waals surface area contributed by atoms with Crippen LogP contribution in [0.1, 0.15) is 44.2 Å². The van der Waals surface area contributed by atoms with E-state index >= 15 is 0 Å². The number of nitrogens with zero attached hydrogens (tertiary/aromatic N) is 1. The Labute approximate surface area is 127 Å². The van der Waals surface area contributed by atoms with Crippen LogP contribution >= 0.6 is 0 Å². The molecule has 2 rings (SSSR count). The highest BCUT2D eigenvalue weighted by Crippen LogP contribution is 2.26. The van der Waals surface area contributed by atoms with Crippen LogP contribution in [0.2, 0.25) is 0 Å². The van der Waals surface area contributed by atoms with Crippen LogP contribution in [-0.2, 0) is 0 Å². The van der Waals surface area contributed by atoms with Gasteiger partial charge >= 0.3 is 0 Å². The van der Waals surface area contributed by atoms with Gasteiger partial charge < -0.3 is 10.4 Å². The topological polar surface area (TPSA) is 35.5 Å². The van der Waals surface area contributed by atoms with Crippen LogP contribution in [0.3, 0.4) is 0 Å². The van der Waals surface area contributed by atoms with Crippen LogP contribution in [0.5, 0.6) is 0 Å². The second kappa shape index (κ2) is 8.47. The maximum Gasteiger partial charge on any atom is 0.127 e. The standard InChI is InChI=1S/C17H27FN2O/c1-2-19-17(15-8-3-4-9-16(15)18)10-11-20(12-13-21)14-6-5-7-14/h3-4,8-9,14,17,19,21H,2,5-7,10-13H2,1H3. The van der Waals surface area contributed by atoms with E-state index in [4.69, 9.17) is 0 Å². The molecule has 118 valence electrons. The van der Waals surface area contributed by atoms with Crippen LogP contribution in [-0.4, -0.2) is 42.3 Å². The molecule has 1 aliphatic carbocycles. The van der Waals surface area contributed by atoms with Crippen molar-refractivity contribution in [2.24, 2.45) is 0 Å². The van der Waals surface area contributed by atoms with Crippen molar-refractivity contribution in [3.63, 3.8) is 0 Å². The summed E-state index contributed by atoms with van der Waals surface area (Å²) in [6, 6.07) is 7.66. The lowest BCUT2D eigenvalue weighted by Gasteiger charge is -2.38. The monoisotopic (exact) mass is 294 g/mol. The van der Waals surface area contributed by atoms with E-state index < -0.39 is 0 Å². The van der Waals surface area contributed by atoms with Gasteiger partial charge in [-0.05, 0) is 31.9 Å². The van der Waals surface area contributed by atoms with Gasteiger partial charge in [0.25, 0.3) is 0 Å². The molecule has 1 aromatic rings. The molecule has 21 heavy (non-hydrogen) atoms. The molecule has 0 aromatic heterocycles. The van der Waals surface area contributed by atoms with Crippen molar-refractivity contribution in [1.29, 1.82) is 0 Å². The summed E-state index contributed by atoms with van der Waals surface area (Å²) < 4.78 is 14.0. The number of benzene rings is 1. The third-order valence-electron chi connectivity index (χ3n) is 4.41. The highest BCUT2D eigenvalue weighted by Gasteiger charge is 2.25. The first-order valence-corrected chi connectivity index (χ1v) is 8.09. The summed E-state index contributed by atoms with van der Waals surface area (Å²) in [5.74, 6) is -0.138. The molecule has 1 fully saturated rings. The summed E-state index contributed by atoms with van der Waals surface area (Å²) in [5, 5.41) is 12.6. The summed E-state index contributed by atoms with van der Waals surface area (Å²) in [5.41, 5.74) is 0.747. The lowest BCUT2D eigenvalue weighted by atomic mass is 9.91. The third kappa shape index (κ3) is 4.50. The molecule has 1 aromatic carbocycles. The Morgan fingerprint density at radius 2 is 2.10 bits per heavy atom. The largest absolute Gasteiger partial charge is 0.395 e. The highest BCUT2D eigenvalue weighted by molar-refractivity contribution is 5.21. The molecular weight excluding hydrogens is 267 g/mol. The molecule has 0 spiro atoms. The minimum absolute atomic E-state index is 0.0393. The second-order valence-electron chi connectivity index (χ2n) is 5.76. The number of hydrogen-bond donors (Lipinski definition) is 2. The number of rotatable bonds is 9. The first-order valence-electron chi connectivity index (χ1n) is 8.09. The Morgan fingerprint density at radius 3 is 2.67 bits per heavy atom. The van der Waals surface area contributed by atoms with E-state index in [2.05, 4.69) is 10.2 Å². The molecule has 4 heteroatoms. The fraction of sp³-hybridized carbons (Fsp3) is 0.647. The summed E-state index contributed by atoms with van der Waals surface area (Å²) in [7, 11) is 0. The van der Waals surface area contributed by atoms with Gasteiger partial charge in [-0.15, -0.1) is 0 Å². The predicted molar refractivity (Wildman–Crippen MR) is 83.7 cm³/mol. The molecule has 1 unspecified atom stereocenters. The normalized spacial score (nSPS) is 17.0. The van der Waals surface area contributed by atoms with Crippen molar-refractivity contribution < 1.29 is 9.50 Å². The molecule has 1 saturated carbocycles. The van der Waals surface area contributed by atoms with Crippen molar-refractivity contribution in [2.75, 3.05) is 26.2 Å². The Balaban J connectivity index is 1.97.